The van der Waals surface area contributed by atoms with Crippen LogP contribution in [0.1, 0.15) is 18.9 Å². The van der Waals surface area contributed by atoms with E-state index in [9.17, 15) is 9.59 Å². The number of methoxy groups -OCH3 is 1. The van der Waals surface area contributed by atoms with Gasteiger partial charge in [-0.15, -0.1) is 0 Å². The van der Waals surface area contributed by atoms with E-state index in [0.29, 0.717) is 32.7 Å². The van der Waals surface area contributed by atoms with E-state index in [1.807, 2.05) is 6.07 Å². The number of rotatable bonds is 9. The minimum Gasteiger partial charge on any atom is -0.383 e. The quantitative estimate of drug-likeness (QED) is 0.734. The summed E-state index contributed by atoms with van der Waals surface area (Å²) < 4.78 is 5.00. The molecule has 2 amide bonds. The largest absolute Gasteiger partial charge is 0.383 e. The Morgan fingerprint density at radius 3 is 2.92 bits per heavy atom. The first-order chi connectivity index (χ1) is 12.0. The van der Waals surface area contributed by atoms with Crippen molar-refractivity contribution in [1.82, 2.24) is 10.2 Å². The lowest BCUT2D eigenvalue weighted by molar-refractivity contribution is -0.129. The predicted octanol–water partition coefficient (Wildman–Crippen LogP) is 1.43. The van der Waals surface area contributed by atoms with Crippen molar-refractivity contribution in [2.75, 3.05) is 51.3 Å². The lowest BCUT2D eigenvalue weighted by Gasteiger charge is -2.24. The Balaban J connectivity index is 1.79. The molecule has 1 atom stereocenters. The second-order valence-corrected chi connectivity index (χ2v) is 6.44. The summed E-state index contributed by atoms with van der Waals surface area (Å²) >= 11 is 0. The van der Waals surface area contributed by atoms with E-state index >= 15 is 0 Å². The van der Waals surface area contributed by atoms with Crippen molar-refractivity contribution < 1.29 is 14.3 Å². The molecule has 0 aliphatic carbocycles. The number of likely N-dealkylation sites (tertiary alicyclic amines) is 1. The second-order valence-electron chi connectivity index (χ2n) is 6.44. The van der Waals surface area contributed by atoms with Gasteiger partial charge in [0.05, 0.1) is 12.5 Å². The first-order valence-electron chi connectivity index (χ1n) is 8.91. The number of hydrogen-bond acceptors (Lipinski definition) is 4. The van der Waals surface area contributed by atoms with Gasteiger partial charge in [-0.3, -0.25) is 9.59 Å². The van der Waals surface area contributed by atoms with E-state index < -0.39 is 0 Å². The second kappa shape index (κ2) is 9.42. The van der Waals surface area contributed by atoms with Crippen LogP contribution in [0.15, 0.2) is 24.3 Å². The SMILES string of the molecule is CCN(CCNC(=O)[C@@H]1CC(=O)N(CCOC)C1)c1cccc(C)c1. The number of anilines is 1. The minimum atomic E-state index is -0.251. The Morgan fingerprint density at radius 2 is 2.24 bits per heavy atom. The van der Waals surface area contributed by atoms with E-state index in [2.05, 4.69) is 42.3 Å². The molecule has 0 bridgehead atoms. The summed E-state index contributed by atoms with van der Waals surface area (Å²) in [5.74, 6) is -0.251. The minimum absolute atomic E-state index is 0.0337. The maximum Gasteiger partial charge on any atom is 0.225 e. The average molecular weight is 347 g/mol. The highest BCUT2D eigenvalue weighted by Gasteiger charge is 2.33. The molecule has 1 saturated heterocycles. The van der Waals surface area contributed by atoms with Gasteiger partial charge >= 0.3 is 0 Å². The predicted molar refractivity (Wildman–Crippen MR) is 98.6 cm³/mol. The van der Waals surface area contributed by atoms with E-state index in [4.69, 9.17) is 4.74 Å². The molecule has 1 aromatic rings. The van der Waals surface area contributed by atoms with Gasteiger partial charge in [-0.1, -0.05) is 12.1 Å². The fourth-order valence-electron chi connectivity index (χ4n) is 3.12. The summed E-state index contributed by atoms with van der Waals surface area (Å²) in [6, 6.07) is 8.35. The van der Waals surface area contributed by atoms with E-state index in [-0.39, 0.29) is 17.7 Å². The Kier molecular flexibility index (Phi) is 7.25. The molecule has 0 aromatic heterocycles. The van der Waals surface area contributed by atoms with Crippen LogP contribution >= 0.6 is 0 Å². The van der Waals surface area contributed by atoms with Crippen molar-refractivity contribution in [2.24, 2.45) is 5.92 Å². The van der Waals surface area contributed by atoms with Gasteiger partial charge in [0.15, 0.2) is 0 Å². The fourth-order valence-corrected chi connectivity index (χ4v) is 3.12. The number of nitrogens with one attached hydrogen (secondary N) is 1. The highest BCUT2D eigenvalue weighted by molar-refractivity contribution is 5.89. The van der Waals surface area contributed by atoms with Crippen LogP contribution in [0.3, 0.4) is 0 Å². The molecule has 0 unspecified atom stereocenters. The van der Waals surface area contributed by atoms with Gasteiger partial charge < -0.3 is 19.9 Å². The van der Waals surface area contributed by atoms with Crippen LogP contribution in [-0.4, -0.2) is 63.2 Å². The van der Waals surface area contributed by atoms with Crippen LogP contribution in [0.2, 0.25) is 0 Å². The average Bonchev–Trinajstić information content (AvgIpc) is 2.97. The summed E-state index contributed by atoms with van der Waals surface area (Å²) in [7, 11) is 1.61. The summed E-state index contributed by atoms with van der Waals surface area (Å²) in [4.78, 5) is 28.2. The number of aryl methyl sites for hydroxylation is 1. The molecular formula is C19H29N3O3. The Labute approximate surface area is 150 Å². The van der Waals surface area contributed by atoms with Gasteiger partial charge in [0, 0.05) is 51.9 Å². The van der Waals surface area contributed by atoms with E-state index in [1.165, 1.54) is 11.3 Å². The van der Waals surface area contributed by atoms with Crippen molar-refractivity contribution in [3.05, 3.63) is 29.8 Å². The molecule has 0 saturated carbocycles. The Hall–Kier alpha value is -2.08. The van der Waals surface area contributed by atoms with Crippen molar-refractivity contribution in [3.63, 3.8) is 0 Å². The lowest BCUT2D eigenvalue weighted by Crippen LogP contribution is -2.38. The molecule has 6 nitrogen and oxygen atoms in total. The molecule has 1 heterocycles. The van der Waals surface area contributed by atoms with Crippen LogP contribution in [0.5, 0.6) is 0 Å². The van der Waals surface area contributed by atoms with Crippen molar-refractivity contribution in [1.29, 1.82) is 0 Å². The van der Waals surface area contributed by atoms with Crippen LogP contribution in [0, 0.1) is 12.8 Å². The molecule has 2 rings (SSSR count). The number of amides is 2. The molecule has 1 fully saturated rings. The number of carbonyl (C=O) groups excluding carboxylic acids is 2. The number of likely N-dealkylation sites (N-methyl/N-ethyl adjacent to an activating group) is 1. The topological polar surface area (TPSA) is 61.9 Å². The third kappa shape index (κ3) is 5.46. The molecule has 138 valence electrons. The monoisotopic (exact) mass is 347 g/mol. The summed E-state index contributed by atoms with van der Waals surface area (Å²) in [6.45, 7) is 7.93. The zero-order chi connectivity index (χ0) is 18.2. The van der Waals surface area contributed by atoms with Crippen molar-refractivity contribution >= 4 is 17.5 Å². The van der Waals surface area contributed by atoms with Gasteiger partial charge in [-0.25, -0.2) is 0 Å². The maximum absolute atomic E-state index is 12.3. The molecule has 1 aliphatic heterocycles. The fraction of sp³-hybridized carbons (Fsp3) is 0.579. The van der Waals surface area contributed by atoms with Gasteiger partial charge in [0.2, 0.25) is 11.8 Å². The van der Waals surface area contributed by atoms with Crippen LogP contribution in [0.4, 0.5) is 5.69 Å². The molecular weight excluding hydrogens is 318 g/mol. The first-order valence-corrected chi connectivity index (χ1v) is 8.91. The molecule has 0 radical (unpaired) electrons. The van der Waals surface area contributed by atoms with Gasteiger partial charge in [-0.2, -0.15) is 0 Å². The summed E-state index contributed by atoms with van der Waals surface area (Å²) in [5.41, 5.74) is 2.39. The van der Waals surface area contributed by atoms with Crippen molar-refractivity contribution in [3.8, 4) is 0 Å². The summed E-state index contributed by atoms with van der Waals surface area (Å²) in [5, 5.41) is 2.98. The molecule has 1 aliphatic rings. The standard InChI is InChI=1S/C19H29N3O3/c1-4-21(17-7-5-6-15(2)12-17)9-8-20-19(24)16-13-18(23)22(14-16)10-11-25-3/h5-7,12,16H,4,8-11,13-14H2,1-3H3,(H,20,24)/t16-/m1/s1. The smallest absolute Gasteiger partial charge is 0.225 e. The van der Waals surface area contributed by atoms with Crippen LogP contribution < -0.4 is 10.2 Å². The Bertz CT molecular complexity index is 591. The van der Waals surface area contributed by atoms with Gasteiger partial charge in [0.1, 0.15) is 0 Å². The van der Waals surface area contributed by atoms with Gasteiger partial charge in [0.25, 0.3) is 0 Å². The zero-order valence-electron chi connectivity index (χ0n) is 15.5. The highest BCUT2D eigenvalue weighted by Crippen LogP contribution is 2.18. The first kappa shape index (κ1) is 19.2. The van der Waals surface area contributed by atoms with Crippen LogP contribution in [0.25, 0.3) is 0 Å². The molecule has 6 heteroatoms. The Morgan fingerprint density at radius 1 is 1.44 bits per heavy atom. The molecule has 1 N–H and O–H groups in total. The summed E-state index contributed by atoms with van der Waals surface area (Å²) in [6.07, 6.45) is 0.297. The molecule has 25 heavy (non-hydrogen) atoms. The highest BCUT2D eigenvalue weighted by atomic mass is 16.5. The van der Waals surface area contributed by atoms with E-state index in [0.717, 1.165) is 13.1 Å². The van der Waals surface area contributed by atoms with Gasteiger partial charge in [-0.05, 0) is 31.5 Å². The molecule has 0 spiro atoms. The maximum atomic E-state index is 12.3. The normalized spacial score (nSPS) is 17.0. The number of hydrogen-bond donors (Lipinski definition) is 1. The zero-order valence-corrected chi connectivity index (χ0v) is 15.5. The lowest BCUT2D eigenvalue weighted by atomic mass is 10.1. The third-order valence-corrected chi connectivity index (χ3v) is 4.58. The number of carbonyl (C=O) groups is 2. The third-order valence-electron chi connectivity index (χ3n) is 4.58. The van der Waals surface area contributed by atoms with Crippen molar-refractivity contribution in [2.45, 2.75) is 20.3 Å². The number of nitrogens with zero attached hydrogens (tertiary/aromatic N) is 2. The molecule has 1 aromatic carbocycles. The van der Waals surface area contributed by atoms with E-state index in [1.54, 1.807) is 12.0 Å². The van der Waals surface area contributed by atoms with Crippen LogP contribution in [-0.2, 0) is 14.3 Å². The number of benzene rings is 1. The number of ether oxygens (including phenoxy) is 1.